The predicted molar refractivity (Wildman–Crippen MR) is 83.5 cm³/mol. The Bertz CT molecular complexity index is 289. The lowest BCUT2D eigenvalue weighted by molar-refractivity contribution is 0.0613. The second-order valence-electron chi connectivity index (χ2n) is 8.74. The van der Waals surface area contributed by atoms with Crippen molar-refractivity contribution in [3.8, 4) is 0 Å². The maximum atomic E-state index is 2.79. The summed E-state index contributed by atoms with van der Waals surface area (Å²) in [7, 11) is 0. The third-order valence-corrected chi connectivity index (χ3v) is 5.37. The lowest BCUT2D eigenvalue weighted by atomic mass is 9.80. The molecule has 2 rings (SSSR count). The summed E-state index contributed by atoms with van der Waals surface area (Å²) in [5.74, 6) is 0.896. The molecule has 1 atom stereocenters. The van der Waals surface area contributed by atoms with Crippen molar-refractivity contribution in [3.05, 3.63) is 0 Å². The van der Waals surface area contributed by atoms with Crippen molar-refractivity contribution >= 4 is 0 Å². The molecule has 2 aliphatic heterocycles. The van der Waals surface area contributed by atoms with E-state index in [4.69, 9.17) is 0 Å². The van der Waals surface area contributed by atoms with Gasteiger partial charge in [-0.15, -0.1) is 0 Å². The van der Waals surface area contributed by atoms with E-state index in [1.165, 1.54) is 45.4 Å². The van der Waals surface area contributed by atoms with Crippen molar-refractivity contribution < 1.29 is 0 Å². The SMILES string of the molecule is CC(C)(C)C1CCN(C2CCN(C(C)(C)C)CC2)C1. The van der Waals surface area contributed by atoms with Crippen LogP contribution in [0.3, 0.4) is 0 Å². The normalized spacial score (nSPS) is 29.1. The molecule has 2 aliphatic rings. The highest BCUT2D eigenvalue weighted by molar-refractivity contribution is 4.91. The first kappa shape index (κ1) is 15.3. The number of rotatable bonds is 1. The summed E-state index contributed by atoms with van der Waals surface area (Å²) in [5.41, 5.74) is 0.838. The van der Waals surface area contributed by atoms with Crippen LogP contribution in [0.25, 0.3) is 0 Å². The van der Waals surface area contributed by atoms with Crippen LogP contribution in [-0.2, 0) is 0 Å². The summed E-state index contributed by atoms with van der Waals surface area (Å²) in [6.45, 7) is 19.5. The molecule has 0 bridgehead atoms. The molecular weight excluding hydrogens is 232 g/mol. The largest absolute Gasteiger partial charge is 0.300 e. The second-order valence-corrected chi connectivity index (χ2v) is 8.74. The van der Waals surface area contributed by atoms with Crippen LogP contribution in [0.1, 0.15) is 60.8 Å². The maximum Gasteiger partial charge on any atom is 0.0125 e. The fourth-order valence-corrected chi connectivity index (χ4v) is 3.73. The summed E-state index contributed by atoms with van der Waals surface area (Å²) in [5, 5.41) is 0. The summed E-state index contributed by atoms with van der Waals surface area (Å²) < 4.78 is 0. The van der Waals surface area contributed by atoms with E-state index in [0.717, 1.165) is 12.0 Å². The molecule has 0 N–H and O–H groups in total. The molecule has 2 fully saturated rings. The van der Waals surface area contributed by atoms with E-state index in [1.807, 2.05) is 0 Å². The minimum absolute atomic E-state index is 0.351. The molecule has 0 spiro atoms. The molecule has 112 valence electrons. The lowest BCUT2D eigenvalue weighted by Gasteiger charge is -2.43. The molecule has 2 heterocycles. The van der Waals surface area contributed by atoms with Gasteiger partial charge in [-0.05, 0) is 57.9 Å². The van der Waals surface area contributed by atoms with Gasteiger partial charge in [0.05, 0.1) is 0 Å². The lowest BCUT2D eigenvalue weighted by Crippen LogP contribution is -2.50. The van der Waals surface area contributed by atoms with Gasteiger partial charge in [-0.25, -0.2) is 0 Å². The first-order chi connectivity index (χ1) is 8.68. The predicted octanol–water partition coefficient (Wildman–Crippen LogP) is 3.62. The maximum absolute atomic E-state index is 2.79. The van der Waals surface area contributed by atoms with Crippen LogP contribution in [0.2, 0.25) is 0 Å². The number of nitrogens with zero attached hydrogens (tertiary/aromatic N) is 2. The van der Waals surface area contributed by atoms with Crippen molar-refractivity contribution in [1.29, 1.82) is 0 Å². The first-order valence-corrected chi connectivity index (χ1v) is 8.17. The summed E-state index contributed by atoms with van der Waals surface area (Å²) in [6.07, 6.45) is 4.14. The average Bonchev–Trinajstić information content (AvgIpc) is 2.77. The highest BCUT2D eigenvalue weighted by Gasteiger charge is 2.36. The van der Waals surface area contributed by atoms with Crippen molar-refractivity contribution in [3.63, 3.8) is 0 Å². The molecular formula is C17H34N2. The Morgan fingerprint density at radius 1 is 0.789 bits per heavy atom. The van der Waals surface area contributed by atoms with Crippen LogP contribution >= 0.6 is 0 Å². The molecule has 0 radical (unpaired) electrons. The van der Waals surface area contributed by atoms with Crippen LogP contribution in [0.5, 0.6) is 0 Å². The van der Waals surface area contributed by atoms with Gasteiger partial charge in [0, 0.05) is 31.2 Å². The molecule has 0 saturated carbocycles. The number of hydrogen-bond donors (Lipinski definition) is 0. The van der Waals surface area contributed by atoms with Crippen molar-refractivity contribution in [2.45, 2.75) is 72.4 Å². The Morgan fingerprint density at radius 3 is 1.79 bits per heavy atom. The zero-order valence-electron chi connectivity index (χ0n) is 14.0. The minimum Gasteiger partial charge on any atom is -0.300 e. The Labute approximate surface area is 120 Å². The fraction of sp³-hybridized carbons (Fsp3) is 1.00. The molecule has 0 aromatic carbocycles. The van der Waals surface area contributed by atoms with Crippen molar-refractivity contribution in [1.82, 2.24) is 9.80 Å². The van der Waals surface area contributed by atoms with Gasteiger partial charge in [0.2, 0.25) is 0 Å². The van der Waals surface area contributed by atoms with E-state index in [0.29, 0.717) is 11.0 Å². The summed E-state index contributed by atoms with van der Waals surface area (Å²) in [4.78, 5) is 5.44. The molecule has 2 saturated heterocycles. The smallest absolute Gasteiger partial charge is 0.0125 e. The van der Waals surface area contributed by atoms with Crippen LogP contribution in [0, 0.1) is 11.3 Å². The monoisotopic (exact) mass is 266 g/mol. The molecule has 2 heteroatoms. The molecule has 0 aliphatic carbocycles. The van der Waals surface area contributed by atoms with Crippen LogP contribution in [0.15, 0.2) is 0 Å². The number of likely N-dealkylation sites (tertiary alicyclic amines) is 2. The number of piperidine rings is 1. The Hall–Kier alpha value is -0.0800. The zero-order chi connectivity index (χ0) is 14.3. The molecule has 1 unspecified atom stereocenters. The molecule has 2 nitrogen and oxygen atoms in total. The highest BCUT2D eigenvalue weighted by Crippen LogP contribution is 2.36. The quantitative estimate of drug-likeness (QED) is 0.715. The van der Waals surface area contributed by atoms with E-state index in [2.05, 4.69) is 51.3 Å². The van der Waals surface area contributed by atoms with Gasteiger partial charge in [-0.3, -0.25) is 9.80 Å². The minimum atomic E-state index is 0.351. The van der Waals surface area contributed by atoms with Gasteiger partial charge >= 0.3 is 0 Å². The third kappa shape index (κ3) is 3.72. The van der Waals surface area contributed by atoms with Crippen molar-refractivity contribution in [2.24, 2.45) is 11.3 Å². The first-order valence-electron chi connectivity index (χ1n) is 8.17. The highest BCUT2D eigenvalue weighted by atomic mass is 15.2. The average molecular weight is 266 g/mol. The van der Waals surface area contributed by atoms with E-state index in [-0.39, 0.29) is 0 Å². The molecule has 19 heavy (non-hydrogen) atoms. The topological polar surface area (TPSA) is 6.48 Å². The third-order valence-electron chi connectivity index (χ3n) is 5.37. The molecule has 0 aromatic rings. The van der Waals surface area contributed by atoms with E-state index in [1.54, 1.807) is 0 Å². The Morgan fingerprint density at radius 2 is 1.37 bits per heavy atom. The van der Waals surface area contributed by atoms with Crippen LogP contribution in [0.4, 0.5) is 0 Å². The standard InChI is InChI=1S/C17H34N2/c1-16(2,3)14-7-10-18(13-14)15-8-11-19(12-9-15)17(4,5)6/h14-15H,7-13H2,1-6H3. The second kappa shape index (κ2) is 5.37. The van der Waals surface area contributed by atoms with Gasteiger partial charge in [-0.2, -0.15) is 0 Å². The van der Waals surface area contributed by atoms with E-state index >= 15 is 0 Å². The van der Waals surface area contributed by atoms with Gasteiger partial charge in [0.25, 0.3) is 0 Å². The number of hydrogen-bond acceptors (Lipinski definition) is 2. The van der Waals surface area contributed by atoms with Crippen molar-refractivity contribution in [2.75, 3.05) is 26.2 Å². The zero-order valence-corrected chi connectivity index (χ0v) is 14.0. The van der Waals surface area contributed by atoms with Gasteiger partial charge in [-0.1, -0.05) is 20.8 Å². The molecule has 0 amide bonds. The Kier molecular flexibility index (Phi) is 4.32. The summed E-state index contributed by atoms with van der Waals surface area (Å²) >= 11 is 0. The Balaban J connectivity index is 1.83. The van der Waals surface area contributed by atoms with E-state index in [9.17, 15) is 0 Å². The summed E-state index contributed by atoms with van der Waals surface area (Å²) in [6, 6.07) is 0.853. The fourth-order valence-electron chi connectivity index (χ4n) is 3.73. The molecule has 0 aromatic heterocycles. The van der Waals surface area contributed by atoms with Gasteiger partial charge in [0.1, 0.15) is 0 Å². The van der Waals surface area contributed by atoms with Crippen LogP contribution < -0.4 is 0 Å². The van der Waals surface area contributed by atoms with Gasteiger partial charge < -0.3 is 0 Å². The van der Waals surface area contributed by atoms with Gasteiger partial charge in [0.15, 0.2) is 0 Å². The van der Waals surface area contributed by atoms with E-state index < -0.39 is 0 Å². The van der Waals surface area contributed by atoms with Crippen LogP contribution in [-0.4, -0.2) is 47.6 Å².